The van der Waals surface area contributed by atoms with E-state index in [4.69, 9.17) is 15.2 Å². The van der Waals surface area contributed by atoms with Crippen molar-refractivity contribution in [3.8, 4) is 23.3 Å². The highest BCUT2D eigenvalue weighted by atomic mass is 19.1. The first kappa shape index (κ1) is 15.6. The lowest BCUT2D eigenvalue weighted by molar-refractivity contribution is 0.357. The van der Waals surface area contributed by atoms with E-state index in [0.717, 1.165) is 6.07 Å². The summed E-state index contributed by atoms with van der Waals surface area (Å²) in [5.41, 5.74) is 6.23. The monoisotopic (exact) mass is 330 g/mol. The van der Waals surface area contributed by atoms with Crippen molar-refractivity contribution in [2.75, 3.05) is 20.0 Å². The average Bonchev–Trinajstić information content (AvgIpc) is 3.00. The Kier molecular flexibility index (Phi) is 3.92. The van der Waals surface area contributed by atoms with Gasteiger partial charge in [-0.3, -0.25) is 0 Å². The van der Waals surface area contributed by atoms with Crippen molar-refractivity contribution in [2.24, 2.45) is 0 Å². The lowest BCUT2D eigenvalue weighted by atomic mass is 10.1. The van der Waals surface area contributed by atoms with Crippen LogP contribution in [0.15, 0.2) is 24.7 Å². The van der Waals surface area contributed by atoms with Crippen LogP contribution in [-0.2, 0) is 0 Å². The van der Waals surface area contributed by atoms with Crippen molar-refractivity contribution < 1.29 is 18.3 Å². The van der Waals surface area contributed by atoms with Gasteiger partial charge in [-0.15, -0.1) is 0 Å². The Balaban J connectivity index is 2.17. The maximum Gasteiger partial charge on any atom is 0.183 e. The van der Waals surface area contributed by atoms with Gasteiger partial charge in [0.2, 0.25) is 0 Å². The van der Waals surface area contributed by atoms with Gasteiger partial charge in [-0.25, -0.2) is 18.3 Å². The molecule has 0 fully saturated rings. The minimum Gasteiger partial charge on any atom is -0.493 e. The quantitative estimate of drug-likeness (QED) is 0.728. The summed E-state index contributed by atoms with van der Waals surface area (Å²) in [7, 11) is 2.54. The summed E-state index contributed by atoms with van der Waals surface area (Å²) in [6.07, 6.45) is 2.92. The summed E-state index contributed by atoms with van der Waals surface area (Å²) in [6.45, 7) is 0. The number of methoxy groups -OCH3 is 2. The van der Waals surface area contributed by atoms with E-state index in [1.54, 1.807) is 12.3 Å². The number of halogens is 2. The highest BCUT2D eigenvalue weighted by Gasteiger charge is 2.18. The van der Waals surface area contributed by atoms with E-state index in [2.05, 4.69) is 21.9 Å². The van der Waals surface area contributed by atoms with Crippen LogP contribution < -0.4 is 15.2 Å². The van der Waals surface area contributed by atoms with Gasteiger partial charge in [-0.2, -0.15) is 5.10 Å². The largest absolute Gasteiger partial charge is 0.493 e. The number of rotatable bonds is 2. The normalized spacial score (nSPS) is 10.3. The molecule has 3 aromatic rings. The molecule has 0 aliphatic rings. The van der Waals surface area contributed by atoms with Crippen LogP contribution in [0.4, 0.5) is 14.6 Å². The lowest BCUT2D eigenvalue weighted by Crippen LogP contribution is -2.00. The number of aromatic nitrogens is 3. The maximum absolute atomic E-state index is 14.3. The molecule has 0 saturated carbocycles. The van der Waals surface area contributed by atoms with Crippen molar-refractivity contribution in [2.45, 2.75) is 0 Å². The van der Waals surface area contributed by atoms with Crippen molar-refractivity contribution >= 4 is 11.3 Å². The van der Waals surface area contributed by atoms with Gasteiger partial charge in [0, 0.05) is 12.3 Å². The third kappa shape index (κ3) is 2.46. The Morgan fingerprint density at radius 1 is 1.12 bits per heavy atom. The van der Waals surface area contributed by atoms with E-state index in [1.807, 2.05) is 0 Å². The summed E-state index contributed by atoms with van der Waals surface area (Å²) < 4.78 is 39.8. The summed E-state index contributed by atoms with van der Waals surface area (Å²) in [4.78, 5) is 3.87. The smallest absolute Gasteiger partial charge is 0.183 e. The van der Waals surface area contributed by atoms with Crippen LogP contribution in [-0.4, -0.2) is 28.8 Å². The number of nitrogens with zero attached hydrogens (tertiary/aromatic N) is 3. The minimum absolute atomic E-state index is 0.165. The predicted molar refractivity (Wildman–Crippen MR) is 82.8 cm³/mol. The number of benzene rings is 1. The summed E-state index contributed by atoms with van der Waals surface area (Å²) >= 11 is 0. The van der Waals surface area contributed by atoms with Gasteiger partial charge < -0.3 is 15.2 Å². The van der Waals surface area contributed by atoms with Gasteiger partial charge >= 0.3 is 0 Å². The summed E-state index contributed by atoms with van der Waals surface area (Å²) in [5, 5.41) is 3.98. The number of hydrogen-bond donors (Lipinski definition) is 1. The molecule has 0 radical (unpaired) electrons. The number of nitrogens with two attached hydrogens (primary N) is 1. The minimum atomic E-state index is -0.906. The van der Waals surface area contributed by atoms with E-state index < -0.39 is 17.2 Å². The number of fused-ring (bicyclic) bond motifs is 1. The lowest BCUT2D eigenvalue weighted by Gasteiger charge is -2.08. The molecule has 1 aromatic carbocycles. The molecule has 8 heteroatoms. The van der Waals surface area contributed by atoms with Crippen molar-refractivity contribution in [3.63, 3.8) is 0 Å². The molecule has 0 aliphatic heterocycles. The Morgan fingerprint density at radius 3 is 2.42 bits per heavy atom. The van der Waals surface area contributed by atoms with Gasteiger partial charge in [0.15, 0.2) is 29.0 Å². The van der Waals surface area contributed by atoms with Crippen LogP contribution in [0.5, 0.6) is 11.5 Å². The Bertz CT molecular complexity index is 961. The molecule has 2 N–H and O–H groups in total. The number of ether oxygens (including phenoxy) is 2. The van der Waals surface area contributed by atoms with E-state index in [0.29, 0.717) is 11.1 Å². The fraction of sp³-hybridized carbons (Fsp3) is 0.125. The van der Waals surface area contributed by atoms with Gasteiger partial charge in [-0.1, -0.05) is 11.8 Å². The zero-order valence-electron chi connectivity index (χ0n) is 12.8. The first-order valence-corrected chi connectivity index (χ1v) is 6.76. The van der Waals surface area contributed by atoms with Gasteiger partial charge in [-0.05, 0) is 6.07 Å². The van der Waals surface area contributed by atoms with Crippen molar-refractivity contribution in [1.29, 1.82) is 0 Å². The zero-order valence-corrected chi connectivity index (χ0v) is 12.8. The van der Waals surface area contributed by atoms with E-state index in [-0.39, 0.29) is 17.3 Å². The van der Waals surface area contributed by atoms with Crippen LogP contribution >= 0.6 is 0 Å². The molecule has 0 saturated heterocycles. The van der Waals surface area contributed by atoms with E-state index >= 15 is 0 Å². The molecular formula is C16H12F2N4O2. The number of nitrogen functional groups attached to an aromatic ring is 1. The van der Waals surface area contributed by atoms with Crippen molar-refractivity contribution in [1.82, 2.24) is 14.6 Å². The fourth-order valence-electron chi connectivity index (χ4n) is 2.20. The van der Waals surface area contributed by atoms with Gasteiger partial charge in [0.25, 0.3) is 0 Å². The molecule has 122 valence electrons. The average molecular weight is 330 g/mol. The molecule has 24 heavy (non-hydrogen) atoms. The number of anilines is 1. The molecular weight excluding hydrogens is 318 g/mol. The fourth-order valence-corrected chi connectivity index (χ4v) is 2.20. The van der Waals surface area contributed by atoms with E-state index in [9.17, 15) is 8.78 Å². The Hall–Kier alpha value is -3.34. The van der Waals surface area contributed by atoms with Crippen LogP contribution in [0.2, 0.25) is 0 Å². The first-order valence-electron chi connectivity index (χ1n) is 6.76. The van der Waals surface area contributed by atoms with Crippen molar-refractivity contribution in [3.05, 3.63) is 47.4 Å². The standard InChI is InChI=1S/C16H12F2N4O2/c1-23-11-7-12(24-2)14(18)10(13(11)17)4-3-9-5-6-22-15(9)16(19)20-8-21-22/h5-8H,1-2H3,(H2,19,20,21). The van der Waals surface area contributed by atoms with Crippen LogP contribution in [0.3, 0.4) is 0 Å². The molecule has 0 aliphatic carbocycles. The molecule has 2 heterocycles. The first-order chi connectivity index (χ1) is 11.6. The van der Waals surface area contributed by atoms with Crippen LogP contribution in [0.25, 0.3) is 5.52 Å². The third-order valence-electron chi connectivity index (χ3n) is 3.38. The number of hydrogen-bond acceptors (Lipinski definition) is 5. The SMILES string of the molecule is COc1cc(OC)c(F)c(C#Cc2ccn3ncnc(N)c23)c1F. The molecule has 2 aromatic heterocycles. The molecule has 0 spiro atoms. The van der Waals surface area contributed by atoms with Crippen LogP contribution in [0, 0.1) is 23.5 Å². The molecule has 6 nitrogen and oxygen atoms in total. The Morgan fingerprint density at radius 2 is 1.79 bits per heavy atom. The van der Waals surface area contributed by atoms with E-state index in [1.165, 1.54) is 25.1 Å². The third-order valence-corrected chi connectivity index (χ3v) is 3.38. The topological polar surface area (TPSA) is 74.7 Å². The molecule has 0 amide bonds. The second-order valence-corrected chi connectivity index (χ2v) is 4.70. The molecule has 0 unspecified atom stereocenters. The second kappa shape index (κ2) is 6.04. The highest BCUT2D eigenvalue weighted by molar-refractivity contribution is 5.74. The molecule has 0 bridgehead atoms. The molecule has 0 atom stereocenters. The predicted octanol–water partition coefficient (Wildman–Crippen LogP) is 2.01. The van der Waals surface area contributed by atoms with Gasteiger partial charge in [0.05, 0.1) is 19.8 Å². The van der Waals surface area contributed by atoms with Crippen LogP contribution in [0.1, 0.15) is 11.1 Å². The Labute approximate surface area is 135 Å². The summed E-state index contributed by atoms with van der Waals surface area (Å²) in [5.74, 6) is 3.22. The highest BCUT2D eigenvalue weighted by Crippen LogP contribution is 2.30. The van der Waals surface area contributed by atoms with Gasteiger partial charge in [0.1, 0.15) is 17.4 Å². The molecule has 3 rings (SSSR count). The maximum atomic E-state index is 14.3. The zero-order chi connectivity index (χ0) is 17.3. The summed E-state index contributed by atoms with van der Waals surface area (Å²) in [6, 6.07) is 2.75. The second-order valence-electron chi connectivity index (χ2n) is 4.70.